The zero-order valence-corrected chi connectivity index (χ0v) is 14.0. The number of aryl methyl sites for hydroxylation is 4. The number of nitrogens with two attached hydrogens (primary N) is 2. The second kappa shape index (κ2) is 6.42. The summed E-state index contributed by atoms with van der Waals surface area (Å²) in [7, 11) is -4.33. The Balaban J connectivity index is 0.000000235. The van der Waals surface area contributed by atoms with Crippen LogP contribution in [-0.4, -0.2) is 13.0 Å². The van der Waals surface area contributed by atoms with Gasteiger partial charge in [-0.25, -0.2) is 8.42 Å². The molecule has 4 N–H and O–H groups in total. The maximum atomic E-state index is 10.8. The van der Waals surface area contributed by atoms with Crippen LogP contribution in [0.5, 0.6) is 0 Å². The number of anilines is 1. The molecular formula is C13H19N3O3S2. The van der Waals surface area contributed by atoms with Gasteiger partial charge in [0.25, 0.3) is 0 Å². The minimum atomic E-state index is -4.33. The maximum absolute atomic E-state index is 10.8. The molecule has 1 aromatic carbocycles. The van der Waals surface area contributed by atoms with Gasteiger partial charge in [-0.15, -0.1) is 4.68 Å². The summed E-state index contributed by atoms with van der Waals surface area (Å²) >= 11 is 1.48. The van der Waals surface area contributed by atoms with Crippen molar-refractivity contribution < 1.29 is 17.6 Å². The second-order valence-corrected chi connectivity index (χ2v) is 7.35. The summed E-state index contributed by atoms with van der Waals surface area (Å²) in [5, 5.41) is 0.641. The van der Waals surface area contributed by atoms with Crippen LogP contribution in [0.1, 0.15) is 21.6 Å². The van der Waals surface area contributed by atoms with Gasteiger partial charge in [-0.3, -0.25) is 11.6 Å². The van der Waals surface area contributed by atoms with Crippen molar-refractivity contribution in [3.05, 3.63) is 39.9 Å². The molecule has 0 aliphatic heterocycles. The molecule has 0 fully saturated rings. The van der Waals surface area contributed by atoms with E-state index >= 15 is 0 Å². The smallest absolute Gasteiger partial charge is 0.355 e. The number of nitrogen functional groups attached to an aromatic ring is 2. The lowest BCUT2D eigenvalue weighted by Gasteiger charge is -2.14. The van der Waals surface area contributed by atoms with E-state index in [0.29, 0.717) is 16.3 Å². The van der Waals surface area contributed by atoms with Gasteiger partial charge in [-0.05, 0) is 38.8 Å². The molecular weight excluding hydrogens is 310 g/mol. The highest BCUT2D eigenvalue weighted by Crippen LogP contribution is 2.20. The third-order valence-electron chi connectivity index (χ3n) is 2.70. The molecule has 0 unspecified atom stereocenters. The molecule has 0 spiro atoms. The summed E-state index contributed by atoms with van der Waals surface area (Å²) in [4.78, 5) is 1.04. The summed E-state index contributed by atoms with van der Waals surface area (Å²) < 4.78 is 33.9. The molecule has 0 amide bonds. The summed E-state index contributed by atoms with van der Waals surface area (Å²) in [5.74, 6) is 5.34. The quantitative estimate of drug-likeness (QED) is 0.463. The summed E-state index contributed by atoms with van der Waals surface area (Å²) in [6.07, 6.45) is 1.79. The van der Waals surface area contributed by atoms with Crippen molar-refractivity contribution in [3.8, 4) is 0 Å². The average molecular weight is 329 g/mol. The van der Waals surface area contributed by atoms with E-state index in [1.54, 1.807) is 32.2 Å². The molecule has 0 aliphatic carbocycles. The highest BCUT2D eigenvalue weighted by atomic mass is 32.2. The van der Waals surface area contributed by atoms with Crippen LogP contribution >= 0.6 is 11.3 Å². The molecule has 0 saturated heterocycles. The Morgan fingerprint density at radius 2 is 1.62 bits per heavy atom. The van der Waals surface area contributed by atoms with Crippen LogP contribution in [0.2, 0.25) is 0 Å². The maximum Gasteiger partial charge on any atom is 0.355 e. The number of aromatic nitrogens is 1. The lowest BCUT2D eigenvalue weighted by atomic mass is 10.1. The minimum absolute atomic E-state index is 0.0851. The fraction of sp³-hybridized carbons (Fsp3) is 0.308. The Bertz CT molecular complexity index is 710. The van der Waals surface area contributed by atoms with Crippen molar-refractivity contribution in [3.63, 3.8) is 0 Å². The predicted molar refractivity (Wildman–Crippen MR) is 82.4 cm³/mol. The first-order chi connectivity index (χ1) is 9.52. The van der Waals surface area contributed by atoms with E-state index in [4.69, 9.17) is 11.6 Å². The van der Waals surface area contributed by atoms with Crippen LogP contribution in [0.3, 0.4) is 0 Å². The van der Waals surface area contributed by atoms with Crippen molar-refractivity contribution in [2.24, 2.45) is 0 Å². The van der Waals surface area contributed by atoms with E-state index < -0.39 is 10.1 Å². The van der Waals surface area contributed by atoms with Gasteiger partial charge in [0.15, 0.2) is 0 Å². The zero-order valence-electron chi connectivity index (χ0n) is 12.4. The minimum Gasteiger partial charge on any atom is -0.744 e. The third kappa shape index (κ3) is 4.69. The molecule has 8 heteroatoms. The average Bonchev–Trinajstić information content (AvgIpc) is 2.52. The van der Waals surface area contributed by atoms with E-state index in [-0.39, 0.29) is 4.90 Å². The number of hydrogen-bond acceptors (Lipinski definition) is 6. The summed E-state index contributed by atoms with van der Waals surface area (Å²) in [6.45, 7) is 7.08. The topological polar surface area (TPSA) is 113 Å². The van der Waals surface area contributed by atoms with Gasteiger partial charge in [0.05, 0.1) is 9.77 Å². The van der Waals surface area contributed by atoms with Gasteiger partial charge in [-0.1, -0.05) is 29.0 Å². The van der Waals surface area contributed by atoms with Crippen molar-refractivity contribution in [1.82, 2.24) is 0 Å². The molecule has 21 heavy (non-hydrogen) atoms. The SMILES string of the molecule is Cc1c[n+](N)c(N)s1.Cc1cc(C)c(S(=O)(=O)[O-])c(C)c1. The lowest BCUT2D eigenvalue weighted by Crippen LogP contribution is -2.44. The Morgan fingerprint density at radius 1 is 1.14 bits per heavy atom. The summed E-state index contributed by atoms with van der Waals surface area (Å²) in [6, 6.07) is 3.38. The van der Waals surface area contributed by atoms with Crippen LogP contribution in [0.4, 0.5) is 5.13 Å². The fourth-order valence-corrected chi connectivity index (χ4v) is 3.63. The Kier molecular flexibility index (Phi) is 5.32. The molecule has 0 radical (unpaired) electrons. The van der Waals surface area contributed by atoms with Gasteiger partial charge in [0.1, 0.15) is 16.3 Å². The Hall–Kier alpha value is -1.64. The third-order valence-corrected chi connectivity index (χ3v) is 4.69. The van der Waals surface area contributed by atoms with Crippen molar-refractivity contribution in [2.45, 2.75) is 32.6 Å². The monoisotopic (exact) mass is 329 g/mol. The molecule has 0 aliphatic rings. The molecule has 116 valence electrons. The second-order valence-electron chi connectivity index (χ2n) is 4.77. The first kappa shape index (κ1) is 17.4. The van der Waals surface area contributed by atoms with Crippen LogP contribution in [0.25, 0.3) is 0 Å². The molecule has 2 aromatic rings. The van der Waals surface area contributed by atoms with Crippen molar-refractivity contribution in [1.29, 1.82) is 0 Å². The predicted octanol–water partition coefficient (Wildman–Crippen LogP) is 1.16. The number of benzene rings is 1. The number of thiazole rings is 1. The van der Waals surface area contributed by atoms with E-state index in [2.05, 4.69) is 0 Å². The van der Waals surface area contributed by atoms with Crippen LogP contribution in [-0.2, 0) is 10.1 Å². The molecule has 0 saturated carbocycles. The van der Waals surface area contributed by atoms with Crippen molar-refractivity contribution in [2.75, 3.05) is 11.6 Å². The van der Waals surface area contributed by atoms with Gasteiger partial charge in [0.2, 0.25) is 0 Å². The fourth-order valence-electron chi connectivity index (χ4n) is 2.06. The standard InChI is InChI=1S/C9H12O3S.C4H7N3S/c1-6-4-7(2)9(8(3)5-6)13(10,11)12;1-3-2-7(6)4(5)8-3/h4-5H,1-3H3,(H,10,11,12);2,5H,6H2,1H3. The van der Waals surface area contributed by atoms with E-state index in [1.807, 2.05) is 13.8 Å². The van der Waals surface area contributed by atoms with Gasteiger partial charge < -0.3 is 4.55 Å². The highest BCUT2D eigenvalue weighted by Gasteiger charge is 2.09. The normalized spacial score (nSPS) is 10.9. The zero-order chi connectivity index (χ0) is 16.4. The first-order valence-corrected chi connectivity index (χ1v) is 8.31. The Labute approximate surface area is 128 Å². The largest absolute Gasteiger partial charge is 0.744 e. The molecule has 0 atom stereocenters. The van der Waals surface area contributed by atoms with Gasteiger partial charge in [0, 0.05) is 0 Å². The first-order valence-electron chi connectivity index (χ1n) is 6.08. The lowest BCUT2D eigenvalue weighted by molar-refractivity contribution is -0.619. The van der Waals surface area contributed by atoms with E-state index in [9.17, 15) is 13.0 Å². The van der Waals surface area contributed by atoms with E-state index in [0.717, 1.165) is 10.4 Å². The van der Waals surface area contributed by atoms with Gasteiger partial charge in [-0.2, -0.15) is 0 Å². The van der Waals surface area contributed by atoms with Gasteiger partial charge >= 0.3 is 5.13 Å². The molecule has 1 heterocycles. The number of nitrogens with zero attached hydrogens (tertiary/aromatic N) is 1. The number of hydrogen-bond donors (Lipinski definition) is 2. The van der Waals surface area contributed by atoms with E-state index in [1.165, 1.54) is 16.0 Å². The molecule has 0 bridgehead atoms. The Morgan fingerprint density at radius 3 is 1.86 bits per heavy atom. The van der Waals surface area contributed by atoms with Crippen molar-refractivity contribution >= 4 is 26.6 Å². The van der Waals surface area contributed by atoms with Crippen LogP contribution < -0.4 is 16.3 Å². The molecule has 2 rings (SSSR count). The number of rotatable bonds is 1. The summed E-state index contributed by atoms with van der Waals surface area (Å²) in [5.41, 5.74) is 7.40. The molecule has 6 nitrogen and oxygen atoms in total. The highest BCUT2D eigenvalue weighted by molar-refractivity contribution is 7.85. The molecule has 1 aromatic heterocycles. The van der Waals surface area contributed by atoms with Crippen LogP contribution in [0, 0.1) is 27.7 Å². The van der Waals surface area contributed by atoms with Crippen LogP contribution in [0.15, 0.2) is 23.2 Å².